The number of carbonyl (C=O) groups excluding carboxylic acids is 2. The summed E-state index contributed by atoms with van der Waals surface area (Å²) in [5, 5.41) is 9.04. The maximum atomic E-state index is 11.8. The molecule has 2 aliphatic rings. The molecule has 7 nitrogen and oxygen atoms in total. The number of hydrogen-bond donors (Lipinski definition) is 1. The first-order valence-corrected chi connectivity index (χ1v) is 12.5. The van der Waals surface area contributed by atoms with Crippen LogP contribution in [0.25, 0.3) is 0 Å². The van der Waals surface area contributed by atoms with Crippen LogP contribution in [0.15, 0.2) is 0 Å². The highest BCUT2D eigenvalue weighted by atomic mass is 127. The number of rotatable bonds is 2. The summed E-state index contributed by atoms with van der Waals surface area (Å²) in [5.41, 5.74) is -0.822. The molecule has 2 aliphatic heterocycles. The summed E-state index contributed by atoms with van der Waals surface area (Å²) in [6, 6.07) is 0. The van der Waals surface area contributed by atoms with Gasteiger partial charge in [0.15, 0.2) is 0 Å². The zero-order chi connectivity index (χ0) is 22.9. The van der Waals surface area contributed by atoms with Crippen LogP contribution in [0.4, 0.5) is 9.59 Å². The number of aliphatic hydroxyl groups is 1. The number of halogens is 1. The lowest BCUT2D eigenvalue weighted by molar-refractivity contribution is 0.0130. The van der Waals surface area contributed by atoms with Gasteiger partial charge in [0, 0.05) is 37.2 Å². The van der Waals surface area contributed by atoms with Gasteiger partial charge in [-0.05, 0) is 79.1 Å². The number of likely N-dealkylation sites (tertiary alicyclic amines) is 2. The maximum Gasteiger partial charge on any atom is 0.410 e. The van der Waals surface area contributed by atoms with E-state index in [0.717, 1.165) is 43.3 Å². The van der Waals surface area contributed by atoms with E-state index >= 15 is 0 Å². The van der Waals surface area contributed by atoms with Crippen molar-refractivity contribution in [3.8, 4) is 0 Å². The predicted octanol–water partition coefficient (Wildman–Crippen LogP) is 4.69. The van der Waals surface area contributed by atoms with Crippen molar-refractivity contribution in [3.05, 3.63) is 0 Å². The van der Waals surface area contributed by atoms with Gasteiger partial charge >= 0.3 is 12.2 Å². The molecule has 2 heterocycles. The van der Waals surface area contributed by atoms with E-state index in [1.807, 2.05) is 46.4 Å². The SMILES string of the molecule is CC(C)(C)OC(=O)N1CCC[C@H](CI)C1.CC(C)(C)OC(=O)N1CCC[C@H](CO)C1. The minimum atomic E-state index is -0.441. The quantitative estimate of drug-likeness (QED) is 0.406. The largest absolute Gasteiger partial charge is 0.444 e. The van der Waals surface area contributed by atoms with Crippen molar-refractivity contribution in [2.24, 2.45) is 11.8 Å². The van der Waals surface area contributed by atoms with Crippen molar-refractivity contribution < 1.29 is 24.2 Å². The Bertz CT molecular complexity index is 497. The van der Waals surface area contributed by atoms with Crippen LogP contribution in [-0.4, -0.2) is 75.5 Å². The third-order valence-corrected chi connectivity index (χ3v) is 6.06. The van der Waals surface area contributed by atoms with Crippen molar-refractivity contribution in [2.45, 2.75) is 78.4 Å². The Hall–Kier alpha value is -0.770. The molecule has 2 rings (SSSR count). The van der Waals surface area contributed by atoms with Crippen LogP contribution in [-0.2, 0) is 9.47 Å². The summed E-state index contributed by atoms with van der Waals surface area (Å²) in [7, 11) is 0. The van der Waals surface area contributed by atoms with Crippen molar-refractivity contribution >= 4 is 34.8 Å². The summed E-state index contributed by atoms with van der Waals surface area (Å²) in [6.45, 7) is 14.5. The Balaban J connectivity index is 0.000000300. The second-order valence-electron chi connectivity index (χ2n) is 10.2. The molecule has 176 valence electrons. The lowest BCUT2D eigenvalue weighted by Crippen LogP contribution is -2.43. The molecule has 0 aromatic carbocycles. The highest BCUT2D eigenvalue weighted by Gasteiger charge is 2.28. The van der Waals surface area contributed by atoms with E-state index in [1.165, 1.54) is 6.42 Å². The van der Waals surface area contributed by atoms with Crippen LogP contribution in [0.5, 0.6) is 0 Å². The van der Waals surface area contributed by atoms with Gasteiger partial charge in [-0.2, -0.15) is 0 Å². The number of hydrogen-bond acceptors (Lipinski definition) is 5. The van der Waals surface area contributed by atoms with Gasteiger partial charge in [-0.3, -0.25) is 0 Å². The molecule has 2 atom stereocenters. The van der Waals surface area contributed by atoms with Crippen molar-refractivity contribution in [1.29, 1.82) is 0 Å². The van der Waals surface area contributed by atoms with Gasteiger partial charge in [0.2, 0.25) is 0 Å². The van der Waals surface area contributed by atoms with Crippen LogP contribution < -0.4 is 0 Å². The fourth-order valence-corrected chi connectivity index (χ4v) is 4.11. The third kappa shape index (κ3) is 11.0. The Morgan fingerprint density at radius 1 is 0.867 bits per heavy atom. The third-order valence-electron chi connectivity index (χ3n) is 4.82. The Morgan fingerprint density at radius 3 is 1.63 bits per heavy atom. The Labute approximate surface area is 196 Å². The zero-order valence-corrected chi connectivity index (χ0v) is 21.7. The van der Waals surface area contributed by atoms with Gasteiger partial charge in [0.1, 0.15) is 11.2 Å². The van der Waals surface area contributed by atoms with Gasteiger partial charge in [-0.15, -0.1) is 0 Å². The molecule has 2 fully saturated rings. The molecule has 2 saturated heterocycles. The summed E-state index contributed by atoms with van der Waals surface area (Å²) in [5.74, 6) is 0.859. The van der Waals surface area contributed by atoms with Crippen LogP contribution in [0, 0.1) is 11.8 Å². The molecule has 8 heteroatoms. The molecule has 0 unspecified atom stereocenters. The number of nitrogens with zero attached hydrogens (tertiary/aromatic N) is 2. The maximum absolute atomic E-state index is 11.8. The second-order valence-corrected chi connectivity index (χ2v) is 11.1. The number of piperidine rings is 2. The molecular formula is C22H41IN2O5. The van der Waals surface area contributed by atoms with E-state index in [4.69, 9.17) is 14.6 Å². The molecule has 0 saturated carbocycles. The van der Waals surface area contributed by atoms with E-state index in [0.29, 0.717) is 12.5 Å². The lowest BCUT2D eigenvalue weighted by atomic mass is 9.99. The van der Waals surface area contributed by atoms with Crippen LogP contribution >= 0.6 is 22.6 Å². The molecular weight excluding hydrogens is 499 g/mol. The summed E-state index contributed by atoms with van der Waals surface area (Å²) >= 11 is 2.39. The van der Waals surface area contributed by atoms with Gasteiger partial charge in [0.25, 0.3) is 0 Å². The van der Waals surface area contributed by atoms with Crippen LogP contribution in [0.1, 0.15) is 67.2 Å². The molecule has 0 aliphatic carbocycles. The van der Waals surface area contributed by atoms with Crippen molar-refractivity contribution in [2.75, 3.05) is 37.2 Å². The normalized spacial score (nSPS) is 22.7. The molecule has 0 bridgehead atoms. The second kappa shape index (κ2) is 12.3. The monoisotopic (exact) mass is 540 g/mol. The average molecular weight is 540 g/mol. The molecule has 0 spiro atoms. The zero-order valence-electron chi connectivity index (χ0n) is 19.6. The molecule has 0 radical (unpaired) electrons. The van der Waals surface area contributed by atoms with E-state index in [1.54, 1.807) is 4.90 Å². The van der Waals surface area contributed by atoms with Gasteiger partial charge in [0.05, 0.1) is 0 Å². The summed E-state index contributed by atoms with van der Waals surface area (Å²) in [6.07, 6.45) is 3.87. The molecule has 1 N–H and O–H groups in total. The Kier molecular flexibility index (Phi) is 11.2. The lowest BCUT2D eigenvalue weighted by Gasteiger charge is -2.33. The number of aliphatic hydroxyl groups excluding tert-OH is 1. The van der Waals surface area contributed by atoms with Crippen molar-refractivity contribution in [3.63, 3.8) is 0 Å². The van der Waals surface area contributed by atoms with Crippen LogP contribution in [0.3, 0.4) is 0 Å². The first kappa shape index (κ1) is 27.3. The van der Waals surface area contributed by atoms with E-state index in [2.05, 4.69) is 22.6 Å². The number of amides is 2. The smallest absolute Gasteiger partial charge is 0.410 e. The number of carbonyl (C=O) groups is 2. The predicted molar refractivity (Wildman–Crippen MR) is 127 cm³/mol. The molecule has 30 heavy (non-hydrogen) atoms. The highest BCUT2D eigenvalue weighted by Crippen LogP contribution is 2.21. The summed E-state index contributed by atoms with van der Waals surface area (Å²) < 4.78 is 11.8. The van der Waals surface area contributed by atoms with E-state index < -0.39 is 5.60 Å². The standard InChI is InChI=1S/C11H20INO2.C11H21NO3/c1-11(2,3)15-10(14)13-6-4-5-9(7-12)8-13;1-11(2,3)15-10(14)12-6-4-5-9(7-12)8-13/h9H,4-8H2,1-3H3;9,13H,4-8H2,1-3H3/t2*9-/m10/s1. The minimum Gasteiger partial charge on any atom is -0.444 e. The molecule has 0 aromatic heterocycles. The number of ether oxygens (including phenoxy) is 2. The fourth-order valence-electron chi connectivity index (χ4n) is 3.39. The number of alkyl halides is 1. The minimum absolute atomic E-state index is 0.152. The summed E-state index contributed by atoms with van der Waals surface area (Å²) in [4.78, 5) is 27.0. The topological polar surface area (TPSA) is 79.3 Å². The van der Waals surface area contributed by atoms with Gasteiger partial charge in [-0.1, -0.05) is 22.6 Å². The van der Waals surface area contributed by atoms with Gasteiger partial charge in [-0.25, -0.2) is 9.59 Å². The van der Waals surface area contributed by atoms with E-state index in [9.17, 15) is 9.59 Å². The molecule has 2 amide bonds. The fraction of sp³-hybridized carbons (Fsp3) is 0.909. The first-order valence-electron chi connectivity index (χ1n) is 11.0. The Morgan fingerprint density at radius 2 is 1.27 bits per heavy atom. The van der Waals surface area contributed by atoms with Crippen molar-refractivity contribution in [1.82, 2.24) is 9.80 Å². The van der Waals surface area contributed by atoms with Crippen LogP contribution in [0.2, 0.25) is 0 Å². The average Bonchev–Trinajstić information content (AvgIpc) is 2.66. The first-order chi connectivity index (χ1) is 13.8. The highest BCUT2D eigenvalue weighted by molar-refractivity contribution is 14.1. The van der Waals surface area contributed by atoms with Gasteiger partial charge < -0.3 is 24.4 Å². The van der Waals surface area contributed by atoms with E-state index in [-0.39, 0.29) is 30.3 Å². The molecule has 0 aromatic rings.